The van der Waals surface area contributed by atoms with Crippen LogP contribution in [-0.4, -0.2) is 17.4 Å². The number of hydrogen-bond acceptors (Lipinski definition) is 2. The summed E-state index contributed by atoms with van der Waals surface area (Å²) in [6.07, 6.45) is 4.12. The molecule has 0 radical (unpaired) electrons. The first kappa shape index (κ1) is 12.2. The van der Waals surface area contributed by atoms with E-state index in [0.717, 1.165) is 5.56 Å². The lowest BCUT2D eigenvalue weighted by Crippen LogP contribution is -2.26. The number of carbonyl (C=O) groups excluding carboxylic acids is 1. The maximum Gasteiger partial charge on any atom is 0.254 e. The van der Waals surface area contributed by atoms with E-state index in [1.165, 1.54) is 12.1 Å². The van der Waals surface area contributed by atoms with Crippen LogP contribution in [0.2, 0.25) is 0 Å². The average molecular weight is 244 g/mol. The van der Waals surface area contributed by atoms with Gasteiger partial charge in [0.25, 0.3) is 5.91 Å². The third kappa shape index (κ3) is 3.13. The molecule has 0 spiro atoms. The predicted molar refractivity (Wildman–Crippen MR) is 66.7 cm³/mol. The molecule has 1 N–H and O–H groups in total. The molecule has 1 aromatic heterocycles. The highest BCUT2D eigenvalue weighted by atomic mass is 19.1. The van der Waals surface area contributed by atoms with Gasteiger partial charge in [0.1, 0.15) is 5.82 Å². The number of benzene rings is 1. The second-order valence-electron chi connectivity index (χ2n) is 3.85. The monoisotopic (exact) mass is 244 g/mol. The zero-order valence-electron chi connectivity index (χ0n) is 9.77. The van der Waals surface area contributed by atoms with Gasteiger partial charge in [0.15, 0.2) is 0 Å². The van der Waals surface area contributed by atoms with E-state index in [1.54, 1.807) is 24.5 Å². The minimum atomic E-state index is -0.503. The van der Waals surface area contributed by atoms with Crippen molar-refractivity contribution in [3.63, 3.8) is 0 Å². The van der Waals surface area contributed by atoms with Crippen molar-refractivity contribution in [2.75, 3.05) is 6.54 Å². The van der Waals surface area contributed by atoms with E-state index in [-0.39, 0.29) is 5.56 Å². The summed E-state index contributed by atoms with van der Waals surface area (Å²) in [5.74, 6) is -0.895. The van der Waals surface area contributed by atoms with Crippen LogP contribution in [0.1, 0.15) is 15.9 Å². The number of hydrogen-bond donors (Lipinski definition) is 1. The van der Waals surface area contributed by atoms with Crippen molar-refractivity contribution in [3.05, 3.63) is 65.7 Å². The van der Waals surface area contributed by atoms with Gasteiger partial charge >= 0.3 is 0 Å². The van der Waals surface area contributed by atoms with Crippen molar-refractivity contribution < 1.29 is 9.18 Å². The summed E-state index contributed by atoms with van der Waals surface area (Å²) in [5.41, 5.74) is 1.11. The van der Waals surface area contributed by atoms with Gasteiger partial charge in [-0.3, -0.25) is 9.78 Å². The molecule has 0 aliphatic carbocycles. The smallest absolute Gasteiger partial charge is 0.254 e. The molecule has 4 heteroatoms. The Kier molecular flexibility index (Phi) is 4.02. The summed E-state index contributed by atoms with van der Waals surface area (Å²) in [6, 6.07) is 9.71. The van der Waals surface area contributed by atoms with Gasteiger partial charge in [0.05, 0.1) is 5.56 Å². The largest absolute Gasteiger partial charge is 0.352 e. The van der Waals surface area contributed by atoms with Gasteiger partial charge in [0, 0.05) is 18.9 Å². The normalized spacial score (nSPS) is 10.1. The summed E-state index contributed by atoms with van der Waals surface area (Å²) >= 11 is 0. The van der Waals surface area contributed by atoms with Gasteiger partial charge < -0.3 is 5.32 Å². The Morgan fingerprint density at radius 3 is 2.78 bits per heavy atom. The lowest BCUT2D eigenvalue weighted by Gasteiger charge is -2.05. The van der Waals surface area contributed by atoms with Crippen LogP contribution in [-0.2, 0) is 6.42 Å². The number of pyridine rings is 1. The van der Waals surface area contributed by atoms with E-state index in [0.29, 0.717) is 13.0 Å². The average Bonchev–Trinajstić information content (AvgIpc) is 2.40. The van der Waals surface area contributed by atoms with Gasteiger partial charge in [-0.05, 0) is 30.2 Å². The Hall–Kier alpha value is -2.23. The minimum absolute atomic E-state index is 0.0729. The molecule has 0 unspecified atom stereocenters. The van der Waals surface area contributed by atoms with Crippen LogP contribution >= 0.6 is 0 Å². The van der Waals surface area contributed by atoms with Crippen LogP contribution < -0.4 is 5.32 Å². The lowest BCUT2D eigenvalue weighted by atomic mass is 10.2. The Labute approximate surface area is 105 Å². The quantitative estimate of drug-likeness (QED) is 0.895. The third-order valence-corrected chi connectivity index (χ3v) is 2.54. The fourth-order valence-corrected chi connectivity index (χ4v) is 1.61. The van der Waals surface area contributed by atoms with Crippen LogP contribution in [0, 0.1) is 5.82 Å². The van der Waals surface area contributed by atoms with Crippen molar-refractivity contribution in [2.45, 2.75) is 6.42 Å². The van der Waals surface area contributed by atoms with E-state index in [1.807, 2.05) is 12.1 Å². The molecule has 2 aromatic rings. The molecule has 18 heavy (non-hydrogen) atoms. The lowest BCUT2D eigenvalue weighted by molar-refractivity contribution is 0.0950. The van der Waals surface area contributed by atoms with Crippen LogP contribution in [0.3, 0.4) is 0 Å². The first-order valence-electron chi connectivity index (χ1n) is 5.69. The standard InChI is InChI=1S/C14H13FN2O/c15-13-6-2-1-5-12(13)14(18)17-9-7-11-4-3-8-16-10-11/h1-6,8,10H,7,9H2,(H,17,18). The van der Waals surface area contributed by atoms with E-state index >= 15 is 0 Å². The molecule has 3 nitrogen and oxygen atoms in total. The molecule has 0 saturated carbocycles. The van der Waals surface area contributed by atoms with Gasteiger partial charge in [0.2, 0.25) is 0 Å². The first-order valence-corrected chi connectivity index (χ1v) is 5.69. The summed E-state index contributed by atoms with van der Waals surface area (Å²) in [7, 11) is 0. The molecule has 0 aliphatic rings. The van der Waals surface area contributed by atoms with Crippen molar-refractivity contribution in [1.82, 2.24) is 10.3 Å². The number of aromatic nitrogens is 1. The maximum atomic E-state index is 13.3. The minimum Gasteiger partial charge on any atom is -0.352 e. The van der Waals surface area contributed by atoms with Crippen LogP contribution in [0.25, 0.3) is 0 Å². The van der Waals surface area contributed by atoms with Crippen LogP contribution in [0.4, 0.5) is 4.39 Å². The van der Waals surface area contributed by atoms with Crippen molar-refractivity contribution >= 4 is 5.91 Å². The van der Waals surface area contributed by atoms with E-state index < -0.39 is 11.7 Å². The molecule has 1 aromatic carbocycles. The summed E-state index contributed by atoms with van der Waals surface area (Å²) in [4.78, 5) is 15.7. The van der Waals surface area contributed by atoms with Crippen molar-refractivity contribution in [3.8, 4) is 0 Å². The molecule has 2 rings (SSSR count). The molecule has 0 aliphatic heterocycles. The zero-order chi connectivity index (χ0) is 12.8. The Morgan fingerprint density at radius 2 is 2.06 bits per heavy atom. The number of nitrogens with zero attached hydrogens (tertiary/aromatic N) is 1. The Morgan fingerprint density at radius 1 is 1.22 bits per heavy atom. The number of carbonyl (C=O) groups is 1. The first-order chi connectivity index (χ1) is 8.77. The molecular weight excluding hydrogens is 231 g/mol. The van der Waals surface area contributed by atoms with Crippen LogP contribution in [0.15, 0.2) is 48.8 Å². The second kappa shape index (κ2) is 5.91. The molecule has 1 amide bonds. The highest BCUT2D eigenvalue weighted by molar-refractivity contribution is 5.94. The highest BCUT2D eigenvalue weighted by Crippen LogP contribution is 2.05. The highest BCUT2D eigenvalue weighted by Gasteiger charge is 2.09. The van der Waals surface area contributed by atoms with E-state index in [4.69, 9.17) is 0 Å². The topological polar surface area (TPSA) is 42.0 Å². The number of halogens is 1. The molecule has 0 bridgehead atoms. The van der Waals surface area contributed by atoms with Crippen molar-refractivity contribution in [2.24, 2.45) is 0 Å². The number of amides is 1. The van der Waals surface area contributed by atoms with Gasteiger partial charge in [-0.25, -0.2) is 4.39 Å². The Balaban J connectivity index is 1.88. The van der Waals surface area contributed by atoms with Crippen LogP contribution in [0.5, 0.6) is 0 Å². The fourth-order valence-electron chi connectivity index (χ4n) is 1.61. The summed E-state index contributed by atoms with van der Waals surface area (Å²) < 4.78 is 13.3. The molecule has 0 atom stereocenters. The van der Waals surface area contributed by atoms with Crippen molar-refractivity contribution in [1.29, 1.82) is 0 Å². The maximum absolute atomic E-state index is 13.3. The Bertz CT molecular complexity index is 528. The fraction of sp³-hybridized carbons (Fsp3) is 0.143. The van der Waals surface area contributed by atoms with E-state index in [9.17, 15) is 9.18 Å². The summed E-state index contributed by atoms with van der Waals surface area (Å²) in [5, 5.41) is 2.68. The summed E-state index contributed by atoms with van der Waals surface area (Å²) in [6.45, 7) is 0.457. The zero-order valence-corrected chi connectivity index (χ0v) is 9.77. The predicted octanol–water partition coefficient (Wildman–Crippen LogP) is 2.19. The third-order valence-electron chi connectivity index (χ3n) is 2.54. The number of rotatable bonds is 4. The molecular formula is C14H13FN2O. The number of nitrogens with one attached hydrogen (secondary N) is 1. The molecule has 1 heterocycles. The molecule has 0 saturated heterocycles. The second-order valence-corrected chi connectivity index (χ2v) is 3.85. The van der Waals surface area contributed by atoms with Gasteiger partial charge in [-0.1, -0.05) is 18.2 Å². The molecule has 92 valence electrons. The SMILES string of the molecule is O=C(NCCc1cccnc1)c1ccccc1F. The van der Waals surface area contributed by atoms with Gasteiger partial charge in [-0.2, -0.15) is 0 Å². The van der Waals surface area contributed by atoms with Gasteiger partial charge in [-0.15, -0.1) is 0 Å². The molecule has 0 fully saturated rings. The van der Waals surface area contributed by atoms with E-state index in [2.05, 4.69) is 10.3 Å².